The molecule has 0 unspecified atom stereocenters. The summed E-state index contributed by atoms with van der Waals surface area (Å²) in [5, 5.41) is 6.11. The van der Waals surface area contributed by atoms with Crippen LogP contribution in [0, 0.1) is 5.92 Å². The van der Waals surface area contributed by atoms with Gasteiger partial charge >= 0.3 is 12.2 Å². The molecule has 2 fully saturated rings. The first-order valence-corrected chi connectivity index (χ1v) is 11.1. The molecule has 3 rings (SSSR count). The number of rotatable bonds is 7. The molecule has 2 heterocycles. The average molecular weight is 445 g/mol. The number of carbonyl (C=O) groups excluding carboxylic acids is 3. The van der Waals surface area contributed by atoms with Crippen molar-refractivity contribution < 1.29 is 23.9 Å². The minimum atomic E-state index is -0.653. The van der Waals surface area contributed by atoms with E-state index in [0.29, 0.717) is 26.2 Å². The number of ether oxygens (including phenoxy) is 2. The Morgan fingerprint density at radius 2 is 1.72 bits per heavy atom. The molecule has 3 amide bonds. The number of nitrogens with zero attached hydrogens (tertiary/aromatic N) is 2. The molecule has 32 heavy (non-hydrogen) atoms. The van der Waals surface area contributed by atoms with E-state index in [2.05, 4.69) is 17.2 Å². The highest BCUT2D eigenvalue weighted by atomic mass is 16.6. The molecule has 1 aromatic carbocycles. The molecule has 9 nitrogen and oxygen atoms in total. The van der Waals surface area contributed by atoms with E-state index in [-0.39, 0.29) is 25.0 Å². The number of nitrogens with one attached hydrogen (secondary N) is 2. The number of hydrogen-bond acceptors (Lipinski definition) is 6. The lowest BCUT2D eigenvalue weighted by molar-refractivity contribution is -0.136. The largest absolute Gasteiger partial charge is 0.445 e. The smallest absolute Gasteiger partial charge is 0.410 e. The van der Waals surface area contributed by atoms with Crippen LogP contribution in [-0.2, 0) is 20.9 Å². The molecule has 1 atom stereocenters. The van der Waals surface area contributed by atoms with Crippen LogP contribution in [0.4, 0.5) is 9.59 Å². The Morgan fingerprint density at radius 1 is 1.06 bits per heavy atom. The van der Waals surface area contributed by atoms with Crippen molar-refractivity contribution in [3.63, 3.8) is 0 Å². The van der Waals surface area contributed by atoms with Gasteiger partial charge < -0.3 is 29.9 Å². The van der Waals surface area contributed by atoms with Crippen LogP contribution in [0.25, 0.3) is 0 Å². The van der Waals surface area contributed by atoms with Crippen LogP contribution in [0.1, 0.15) is 18.4 Å². The molecule has 9 heteroatoms. The maximum atomic E-state index is 13.3. The Balaban J connectivity index is 1.57. The number of benzene rings is 1. The normalized spacial score (nSPS) is 17.9. The molecule has 1 aromatic rings. The van der Waals surface area contributed by atoms with E-state index in [1.807, 2.05) is 30.3 Å². The van der Waals surface area contributed by atoms with Gasteiger partial charge in [0.1, 0.15) is 19.3 Å². The summed E-state index contributed by atoms with van der Waals surface area (Å²) in [7, 11) is 0. The third-order valence-electron chi connectivity index (χ3n) is 5.78. The second-order valence-electron chi connectivity index (χ2n) is 7.95. The third kappa shape index (κ3) is 6.71. The summed E-state index contributed by atoms with van der Waals surface area (Å²) in [6.07, 6.45) is 2.10. The van der Waals surface area contributed by atoms with Gasteiger partial charge in [-0.05, 0) is 37.4 Å². The van der Waals surface area contributed by atoms with E-state index in [0.717, 1.165) is 31.5 Å². The van der Waals surface area contributed by atoms with E-state index in [9.17, 15) is 14.4 Å². The molecule has 174 valence electrons. The molecule has 2 saturated heterocycles. The Labute approximate surface area is 188 Å². The lowest BCUT2D eigenvalue weighted by Crippen LogP contribution is -2.58. The first-order chi connectivity index (χ1) is 15.6. The van der Waals surface area contributed by atoms with Gasteiger partial charge in [-0.2, -0.15) is 0 Å². The fourth-order valence-electron chi connectivity index (χ4n) is 3.98. The Bertz CT molecular complexity index is 774. The summed E-state index contributed by atoms with van der Waals surface area (Å²) in [4.78, 5) is 41.2. The van der Waals surface area contributed by atoms with Crippen LogP contribution < -0.4 is 10.6 Å². The third-order valence-corrected chi connectivity index (χ3v) is 5.78. The van der Waals surface area contributed by atoms with Crippen molar-refractivity contribution in [1.82, 2.24) is 20.4 Å². The molecule has 0 saturated carbocycles. The molecular weight excluding hydrogens is 412 g/mol. The van der Waals surface area contributed by atoms with Crippen LogP contribution >= 0.6 is 0 Å². The van der Waals surface area contributed by atoms with Gasteiger partial charge in [-0.25, -0.2) is 9.59 Å². The summed E-state index contributed by atoms with van der Waals surface area (Å²) in [5.41, 5.74) is 0.881. The second kappa shape index (κ2) is 12.1. The van der Waals surface area contributed by atoms with Crippen molar-refractivity contribution in [3.05, 3.63) is 48.6 Å². The van der Waals surface area contributed by atoms with Crippen LogP contribution in [-0.4, -0.2) is 79.8 Å². The zero-order chi connectivity index (χ0) is 22.8. The highest BCUT2D eigenvalue weighted by Crippen LogP contribution is 2.20. The quantitative estimate of drug-likeness (QED) is 0.622. The number of piperidine rings is 1. The summed E-state index contributed by atoms with van der Waals surface area (Å²) >= 11 is 0. The SMILES string of the molecule is C=CCOC(=O)N1CCN(C(=O)[C@H](NC(=O)OCc2ccccc2)C2CCNCC2)CC1. The van der Waals surface area contributed by atoms with E-state index < -0.39 is 18.2 Å². The summed E-state index contributed by atoms with van der Waals surface area (Å²) in [6.45, 7) is 7.00. The Hall–Kier alpha value is -3.07. The fraction of sp³-hybridized carbons (Fsp3) is 0.522. The first-order valence-electron chi connectivity index (χ1n) is 11.1. The van der Waals surface area contributed by atoms with Crippen molar-refractivity contribution in [1.29, 1.82) is 0 Å². The maximum Gasteiger partial charge on any atom is 0.410 e. The molecule has 2 aliphatic heterocycles. The minimum Gasteiger partial charge on any atom is -0.445 e. The monoisotopic (exact) mass is 444 g/mol. The van der Waals surface area contributed by atoms with Gasteiger partial charge in [0.2, 0.25) is 5.91 Å². The predicted molar refractivity (Wildman–Crippen MR) is 119 cm³/mol. The molecule has 0 spiro atoms. The molecule has 2 aliphatic rings. The van der Waals surface area contributed by atoms with Gasteiger partial charge in [0, 0.05) is 26.2 Å². The standard InChI is InChI=1S/C23H32N4O5/c1-2-16-31-23(30)27-14-12-26(13-15-27)21(28)20(19-8-10-24-11-9-19)25-22(29)32-17-18-6-4-3-5-7-18/h2-7,19-20,24H,1,8-17H2,(H,25,29)/t20-/m1/s1. The minimum absolute atomic E-state index is 0.0311. The molecule has 0 aromatic heterocycles. The zero-order valence-corrected chi connectivity index (χ0v) is 18.3. The van der Waals surface area contributed by atoms with Crippen LogP contribution in [0.3, 0.4) is 0 Å². The van der Waals surface area contributed by atoms with Crippen LogP contribution in [0.15, 0.2) is 43.0 Å². The highest BCUT2D eigenvalue weighted by Gasteiger charge is 2.36. The van der Waals surface area contributed by atoms with Gasteiger partial charge in [0.15, 0.2) is 0 Å². The Morgan fingerprint density at radius 3 is 2.38 bits per heavy atom. The molecule has 0 aliphatic carbocycles. The van der Waals surface area contributed by atoms with Crippen LogP contribution in [0.5, 0.6) is 0 Å². The molecule has 0 bridgehead atoms. The van der Waals surface area contributed by atoms with Crippen molar-refractivity contribution in [2.45, 2.75) is 25.5 Å². The molecule has 2 N–H and O–H groups in total. The van der Waals surface area contributed by atoms with Crippen molar-refractivity contribution in [2.75, 3.05) is 45.9 Å². The highest BCUT2D eigenvalue weighted by molar-refractivity contribution is 5.86. The van der Waals surface area contributed by atoms with Crippen molar-refractivity contribution in [2.24, 2.45) is 5.92 Å². The summed E-state index contributed by atoms with van der Waals surface area (Å²) in [6, 6.07) is 8.76. The topological polar surface area (TPSA) is 100 Å². The van der Waals surface area contributed by atoms with Crippen molar-refractivity contribution in [3.8, 4) is 0 Å². The molecule has 0 radical (unpaired) electrons. The van der Waals surface area contributed by atoms with E-state index in [1.165, 1.54) is 6.08 Å². The predicted octanol–water partition coefficient (Wildman–Crippen LogP) is 1.75. The lowest BCUT2D eigenvalue weighted by Gasteiger charge is -2.38. The second-order valence-corrected chi connectivity index (χ2v) is 7.95. The van der Waals surface area contributed by atoms with Gasteiger partial charge in [0.25, 0.3) is 0 Å². The van der Waals surface area contributed by atoms with Gasteiger partial charge in [-0.1, -0.05) is 43.0 Å². The number of amides is 3. The van der Waals surface area contributed by atoms with Crippen LogP contribution in [0.2, 0.25) is 0 Å². The fourth-order valence-corrected chi connectivity index (χ4v) is 3.98. The number of hydrogen-bond donors (Lipinski definition) is 2. The van der Waals surface area contributed by atoms with E-state index in [1.54, 1.807) is 9.80 Å². The lowest BCUT2D eigenvalue weighted by atomic mass is 9.89. The maximum absolute atomic E-state index is 13.3. The van der Waals surface area contributed by atoms with Crippen molar-refractivity contribution >= 4 is 18.1 Å². The summed E-state index contributed by atoms with van der Waals surface area (Å²) in [5.74, 6) is -0.101. The van der Waals surface area contributed by atoms with E-state index >= 15 is 0 Å². The van der Waals surface area contributed by atoms with Gasteiger partial charge in [-0.3, -0.25) is 4.79 Å². The molecular formula is C23H32N4O5. The average Bonchev–Trinajstić information content (AvgIpc) is 2.85. The zero-order valence-electron chi connectivity index (χ0n) is 18.3. The van der Waals surface area contributed by atoms with Gasteiger partial charge in [-0.15, -0.1) is 0 Å². The van der Waals surface area contributed by atoms with E-state index in [4.69, 9.17) is 9.47 Å². The summed E-state index contributed by atoms with van der Waals surface area (Å²) < 4.78 is 10.4. The number of alkyl carbamates (subject to hydrolysis) is 1. The Kier molecular flexibility index (Phi) is 8.91. The van der Waals surface area contributed by atoms with Gasteiger partial charge in [0.05, 0.1) is 0 Å². The first kappa shape index (κ1) is 23.6. The number of carbonyl (C=O) groups is 3. The number of piperazine rings is 1.